The third-order valence-corrected chi connectivity index (χ3v) is 3.81. The van der Waals surface area contributed by atoms with Gasteiger partial charge in [0.2, 0.25) is 0 Å². The van der Waals surface area contributed by atoms with Crippen LogP contribution in [0, 0.1) is 5.82 Å². The van der Waals surface area contributed by atoms with Gasteiger partial charge in [0.15, 0.2) is 0 Å². The highest BCUT2D eigenvalue weighted by Crippen LogP contribution is 2.32. The minimum atomic E-state index is -2.79. The summed E-state index contributed by atoms with van der Waals surface area (Å²) in [4.78, 5) is 23.3. The molecule has 0 aliphatic carbocycles. The van der Waals surface area contributed by atoms with Crippen molar-refractivity contribution in [2.75, 3.05) is 13.7 Å². The lowest BCUT2D eigenvalue weighted by atomic mass is 10.0. The van der Waals surface area contributed by atoms with Crippen LogP contribution in [0.3, 0.4) is 0 Å². The number of nitrogens with zero attached hydrogens (tertiary/aromatic N) is 2. The lowest BCUT2D eigenvalue weighted by Gasteiger charge is -2.11. The molecule has 0 spiro atoms. The number of aryl methyl sites for hydroxylation is 1. The van der Waals surface area contributed by atoms with Gasteiger partial charge in [-0.3, -0.25) is 14.3 Å². The number of aromatic nitrogens is 2. The summed E-state index contributed by atoms with van der Waals surface area (Å²) in [6.07, 6.45) is -1.13. The minimum absolute atomic E-state index is 0.00735. The maximum atomic E-state index is 14.1. The number of nitrogens with one attached hydrogen (secondary N) is 1. The monoisotopic (exact) mass is 383 g/mol. The Morgan fingerprint density at radius 2 is 2.04 bits per heavy atom. The molecule has 1 aromatic heterocycles. The molecule has 6 nitrogen and oxygen atoms in total. The number of esters is 1. The van der Waals surface area contributed by atoms with Crippen LogP contribution in [0.15, 0.2) is 24.4 Å². The van der Waals surface area contributed by atoms with Crippen LogP contribution in [0.25, 0.3) is 11.3 Å². The molecule has 0 aliphatic heterocycles. The number of hydrogen-bond donors (Lipinski definition) is 1. The van der Waals surface area contributed by atoms with Crippen LogP contribution in [-0.2, 0) is 16.1 Å². The van der Waals surface area contributed by atoms with Gasteiger partial charge in [-0.2, -0.15) is 5.10 Å². The average Bonchev–Trinajstić information content (AvgIpc) is 3.05. The van der Waals surface area contributed by atoms with Crippen molar-refractivity contribution in [2.45, 2.75) is 32.7 Å². The molecule has 1 aromatic carbocycles. The Kier molecular flexibility index (Phi) is 6.98. The van der Waals surface area contributed by atoms with Crippen molar-refractivity contribution in [3.8, 4) is 11.3 Å². The summed E-state index contributed by atoms with van der Waals surface area (Å²) in [5.41, 5.74) is -0.158. The van der Waals surface area contributed by atoms with Crippen LogP contribution in [0.4, 0.5) is 13.2 Å². The van der Waals surface area contributed by atoms with E-state index in [4.69, 9.17) is 0 Å². The highest BCUT2D eigenvalue weighted by atomic mass is 19.3. The van der Waals surface area contributed by atoms with E-state index in [0.29, 0.717) is 13.0 Å². The van der Waals surface area contributed by atoms with E-state index in [2.05, 4.69) is 15.2 Å². The molecule has 0 bridgehead atoms. The SMILES string of the molecule is CCCn1ncc(C(F)F)c1-c1cc(F)cc(C(=O)NCCC(=O)OC)c1. The fourth-order valence-electron chi connectivity index (χ4n) is 2.60. The maximum absolute atomic E-state index is 14.1. The molecule has 9 heteroatoms. The van der Waals surface area contributed by atoms with Gasteiger partial charge < -0.3 is 10.1 Å². The Labute approximate surface area is 154 Å². The summed E-state index contributed by atoms with van der Waals surface area (Å²) in [5, 5.41) is 6.41. The number of amides is 1. The second-order valence-corrected chi connectivity index (χ2v) is 5.78. The van der Waals surface area contributed by atoms with Gasteiger partial charge in [-0.1, -0.05) is 6.92 Å². The lowest BCUT2D eigenvalue weighted by Crippen LogP contribution is -2.26. The van der Waals surface area contributed by atoms with Gasteiger partial charge in [0.1, 0.15) is 5.82 Å². The molecule has 0 aliphatic rings. The van der Waals surface area contributed by atoms with E-state index in [0.717, 1.165) is 18.3 Å². The van der Waals surface area contributed by atoms with Crippen LogP contribution in [-0.4, -0.2) is 35.3 Å². The fraction of sp³-hybridized carbons (Fsp3) is 0.389. The first-order valence-electron chi connectivity index (χ1n) is 8.37. The molecule has 0 unspecified atom stereocenters. The normalized spacial score (nSPS) is 10.9. The molecule has 2 rings (SSSR count). The first-order chi connectivity index (χ1) is 12.9. The second kappa shape index (κ2) is 9.20. The van der Waals surface area contributed by atoms with E-state index < -0.39 is 24.1 Å². The Morgan fingerprint density at radius 1 is 1.30 bits per heavy atom. The number of rotatable bonds is 8. The summed E-state index contributed by atoms with van der Waals surface area (Å²) in [5.74, 6) is -1.87. The average molecular weight is 383 g/mol. The summed E-state index contributed by atoms with van der Waals surface area (Å²) < 4.78 is 46.6. The number of halogens is 3. The molecule has 0 saturated heterocycles. The van der Waals surface area contributed by atoms with E-state index in [-0.39, 0.29) is 35.3 Å². The molecule has 27 heavy (non-hydrogen) atoms. The molecular formula is C18H20F3N3O3. The lowest BCUT2D eigenvalue weighted by molar-refractivity contribution is -0.140. The molecule has 0 saturated carbocycles. The third-order valence-electron chi connectivity index (χ3n) is 3.81. The van der Waals surface area contributed by atoms with Crippen LogP contribution in [0.2, 0.25) is 0 Å². The molecular weight excluding hydrogens is 363 g/mol. The molecule has 0 radical (unpaired) electrons. The van der Waals surface area contributed by atoms with E-state index in [9.17, 15) is 22.8 Å². The number of carbonyl (C=O) groups excluding carboxylic acids is 2. The molecule has 0 atom stereocenters. The molecule has 0 fully saturated rings. The standard InChI is InChI=1S/C18H20F3N3O3/c1-3-6-24-16(14(10-23-24)17(20)21)11-7-12(9-13(19)8-11)18(26)22-5-4-15(25)27-2/h7-10,17H,3-6H2,1-2H3,(H,22,26). The van der Waals surface area contributed by atoms with Crippen molar-refractivity contribution < 1.29 is 27.5 Å². The Balaban J connectivity index is 2.34. The number of hydrogen-bond acceptors (Lipinski definition) is 4. The van der Waals surface area contributed by atoms with Gasteiger partial charge in [0, 0.05) is 24.2 Å². The number of alkyl halides is 2. The summed E-state index contributed by atoms with van der Waals surface area (Å²) in [7, 11) is 1.23. The third kappa shape index (κ3) is 5.08. The Hall–Kier alpha value is -2.84. The summed E-state index contributed by atoms with van der Waals surface area (Å²) in [6.45, 7) is 2.24. The Morgan fingerprint density at radius 3 is 2.67 bits per heavy atom. The molecule has 1 amide bonds. The summed E-state index contributed by atoms with van der Waals surface area (Å²) in [6, 6.07) is 3.41. The maximum Gasteiger partial charge on any atom is 0.307 e. The van der Waals surface area contributed by atoms with Gasteiger partial charge >= 0.3 is 5.97 Å². The van der Waals surface area contributed by atoms with Crippen LogP contribution in [0.1, 0.15) is 42.1 Å². The highest BCUT2D eigenvalue weighted by molar-refractivity contribution is 5.95. The topological polar surface area (TPSA) is 73.2 Å². The van der Waals surface area contributed by atoms with Crippen molar-refractivity contribution in [2.24, 2.45) is 0 Å². The largest absolute Gasteiger partial charge is 0.469 e. The van der Waals surface area contributed by atoms with Crippen molar-refractivity contribution >= 4 is 11.9 Å². The van der Waals surface area contributed by atoms with E-state index in [1.54, 1.807) is 0 Å². The first kappa shape index (κ1) is 20.5. The summed E-state index contributed by atoms with van der Waals surface area (Å²) >= 11 is 0. The van der Waals surface area contributed by atoms with E-state index in [1.165, 1.54) is 17.9 Å². The first-order valence-corrected chi connectivity index (χ1v) is 8.37. The highest BCUT2D eigenvalue weighted by Gasteiger charge is 2.21. The van der Waals surface area contributed by atoms with Gasteiger partial charge in [-0.25, -0.2) is 13.2 Å². The van der Waals surface area contributed by atoms with Crippen LogP contribution >= 0.6 is 0 Å². The zero-order chi connectivity index (χ0) is 20.0. The Bertz CT molecular complexity index is 821. The smallest absolute Gasteiger partial charge is 0.307 e. The zero-order valence-corrected chi connectivity index (χ0v) is 15.0. The van der Waals surface area contributed by atoms with Crippen LogP contribution in [0.5, 0.6) is 0 Å². The molecule has 146 valence electrons. The minimum Gasteiger partial charge on any atom is -0.469 e. The molecule has 1 N–H and O–H groups in total. The quantitative estimate of drug-likeness (QED) is 0.710. The van der Waals surface area contributed by atoms with Crippen molar-refractivity contribution in [3.63, 3.8) is 0 Å². The van der Waals surface area contributed by atoms with Gasteiger partial charge in [0.05, 0.1) is 31.0 Å². The number of ether oxygens (including phenoxy) is 1. The van der Waals surface area contributed by atoms with Crippen LogP contribution < -0.4 is 5.32 Å². The number of methoxy groups -OCH3 is 1. The number of benzene rings is 1. The predicted molar refractivity (Wildman–Crippen MR) is 91.8 cm³/mol. The van der Waals surface area contributed by atoms with Crippen molar-refractivity contribution in [1.82, 2.24) is 15.1 Å². The number of carbonyl (C=O) groups is 2. The van der Waals surface area contributed by atoms with Gasteiger partial charge in [0.25, 0.3) is 12.3 Å². The van der Waals surface area contributed by atoms with Crippen molar-refractivity contribution in [1.29, 1.82) is 0 Å². The fourth-order valence-corrected chi connectivity index (χ4v) is 2.60. The van der Waals surface area contributed by atoms with Crippen molar-refractivity contribution in [3.05, 3.63) is 41.3 Å². The van der Waals surface area contributed by atoms with E-state index >= 15 is 0 Å². The molecule has 2 aromatic rings. The van der Waals surface area contributed by atoms with Gasteiger partial charge in [-0.15, -0.1) is 0 Å². The van der Waals surface area contributed by atoms with E-state index in [1.807, 2.05) is 6.92 Å². The van der Waals surface area contributed by atoms with Gasteiger partial charge in [-0.05, 0) is 24.6 Å². The predicted octanol–water partition coefficient (Wildman–Crippen LogP) is 3.33. The molecule has 1 heterocycles. The second-order valence-electron chi connectivity index (χ2n) is 5.78. The zero-order valence-electron chi connectivity index (χ0n) is 15.0.